The molecule has 3 rings (SSSR count). The van der Waals surface area contributed by atoms with Gasteiger partial charge < -0.3 is 10.2 Å². The Morgan fingerprint density at radius 1 is 1.52 bits per heavy atom. The molecule has 2 aliphatic rings. The summed E-state index contributed by atoms with van der Waals surface area (Å²) < 4.78 is 0. The number of nitrogens with zero attached hydrogens (tertiary/aromatic N) is 3. The van der Waals surface area contributed by atoms with Crippen LogP contribution in [-0.2, 0) is 0 Å². The smallest absolute Gasteiger partial charge is 0.288 e. The zero-order chi connectivity index (χ0) is 15.0. The Morgan fingerprint density at radius 2 is 2.33 bits per heavy atom. The highest BCUT2D eigenvalue weighted by molar-refractivity contribution is 6.32. The molecule has 1 amide bonds. The number of carbonyl (C=O) groups excluding carboxylic acids is 1. The number of halogens is 1. The zero-order valence-corrected chi connectivity index (χ0v) is 12.0. The second kappa shape index (κ2) is 5.57. The van der Waals surface area contributed by atoms with Crippen LogP contribution < -0.4 is 5.32 Å². The number of likely N-dealkylation sites (tertiary alicyclic amines) is 1. The summed E-state index contributed by atoms with van der Waals surface area (Å²) in [5.74, 6) is 0.183. The summed E-state index contributed by atoms with van der Waals surface area (Å²) in [4.78, 5) is 28.5. The molecule has 2 unspecified atom stereocenters. The predicted octanol–water partition coefficient (Wildman–Crippen LogP) is 1.47. The first kappa shape index (κ1) is 14.2. The van der Waals surface area contributed by atoms with Gasteiger partial charge in [-0.05, 0) is 18.8 Å². The fourth-order valence-corrected chi connectivity index (χ4v) is 3.35. The molecule has 0 aliphatic carbocycles. The topological polar surface area (TPSA) is 88.4 Å². The lowest BCUT2D eigenvalue weighted by Gasteiger charge is -2.37. The van der Waals surface area contributed by atoms with Crippen molar-refractivity contribution in [2.75, 3.05) is 19.6 Å². The van der Waals surface area contributed by atoms with Gasteiger partial charge >= 0.3 is 0 Å². The molecule has 2 fully saturated rings. The Bertz CT molecular complexity index is 595. The van der Waals surface area contributed by atoms with Crippen LogP contribution >= 0.6 is 11.6 Å². The van der Waals surface area contributed by atoms with E-state index in [1.54, 1.807) is 4.90 Å². The van der Waals surface area contributed by atoms with Crippen LogP contribution in [0.3, 0.4) is 0 Å². The molecule has 0 radical (unpaired) electrons. The Morgan fingerprint density at radius 3 is 3.10 bits per heavy atom. The molecule has 2 saturated heterocycles. The van der Waals surface area contributed by atoms with E-state index in [0.717, 1.165) is 32.1 Å². The quantitative estimate of drug-likeness (QED) is 0.507. The summed E-state index contributed by atoms with van der Waals surface area (Å²) in [6.07, 6.45) is 3.10. The second-order valence-corrected chi connectivity index (χ2v) is 5.77. The van der Waals surface area contributed by atoms with Crippen molar-refractivity contribution in [2.45, 2.75) is 18.9 Å². The fourth-order valence-electron chi connectivity index (χ4n) is 3.16. The molecule has 1 aromatic heterocycles. The molecule has 0 bridgehead atoms. The maximum atomic E-state index is 12.7. The number of fused-ring (bicyclic) bond motifs is 1. The Hall–Kier alpha value is -1.73. The SMILES string of the molecule is O=C(c1cc([N+](=O)[O-])cnc1Cl)N1CCCC2CNCC21. The van der Waals surface area contributed by atoms with Crippen LogP contribution in [0, 0.1) is 16.0 Å². The van der Waals surface area contributed by atoms with Crippen LogP contribution in [-0.4, -0.2) is 46.4 Å². The number of nitro groups is 1. The molecule has 21 heavy (non-hydrogen) atoms. The maximum Gasteiger partial charge on any atom is 0.288 e. The van der Waals surface area contributed by atoms with Gasteiger partial charge in [-0.1, -0.05) is 11.6 Å². The van der Waals surface area contributed by atoms with Crippen molar-refractivity contribution in [3.05, 3.63) is 33.1 Å². The summed E-state index contributed by atoms with van der Waals surface area (Å²) in [7, 11) is 0. The van der Waals surface area contributed by atoms with Crippen molar-refractivity contribution in [1.82, 2.24) is 15.2 Å². The minimum absolute atomic E-state index is 0.0127. The molecule has 2 atom stereocenters. The van der Waals surface area contributed by atoms with Crippen LogP contribution in [0.15, 0.2) is 12.3 Å². The van der Waals surface area contributed by atoms with Gasteiger partial charge in [-0.3, -0.25) is 14.9 Å². The number of aromatic nitrogens is 1. The molecule has 3 heterocycles. The standard InChI is InChI=1S/C13H15ClN4O3/c14-12-10(4-9(6-16-12)18(20)21)13(19)17-3-1-2-8-5-15-7-11(8)17/h4,6,8,11,15H,1-3,5,7H2. The highest BCUT2D eigenvalue weighted by Crippen LogP contribution is 2.29. The van der Waals surface area contributed by atoms with E-state index in [1.165, 1.54) is 6.07 Å². The molecular weight excluding hydrogens is 296 g/mol. The summed E-state index contributed by atoms with van der Waals surface area (Å²) in [6.45, 7) is 2.33. The van der Waals surface area contributed by atoms with E-state index in [2.05, 4.69) is 10.3 Å². The number of amides is 1. The van der Waals surface area contributed by atoms with E-state index in [1.807, 2.05) is 0 Å². The third kappa shape index (κ3) is 2.58. The lowest BCUT2D eigenvalue weighted by atomic mass is 9.91. The number of piperidine rings is 1. The van der Waals surface area contributed by atoms with Gasteiger partial charge in [0.25, 0.3) is 11.6 Å². The number of hydrogen-bond donors (Lipinski definition) is 1. The molecule has 1 aromatic rings. The lowest BCUT2D eigenvalue weighted by Crippen LogP contribution is -2.48. The first-order valence-electron chi connectivity index (χ1n) is 6.89. The molecule has 0 aromatic carbocycles. The van der Waals surface area contributed by atoms with Crippen LogP contribution in [0.1, 0.15) is 23.2 Å². The van der Waals surface area contributed by atoms with Crippen molar-refractivity contribution < 1.29 is 9.72 Å². The molecule has 0 saturated carbocycles. The van der Waals surface area contributed by atoms with E-state index in [9.17, 15) is 14.9 Å². The van der Waals surface area contributed by atoms with Gasteiger partial charge in [0.1, 0.15) is 11.3 Å². The van der Waals surface area contributed by atoms with Crippen molar-refractivity contribution in [3.8, 4) is 0 Å². The Labute approximate surface area is 126 Å². The fraction of sp³-hybridized carbons (Fsp3) is 0.538. The van der Waals surface area contributed by atoms with Gasteiger partial charge in [0.2, 0.25) is 0 Å². The minimum Gasteiger partial charge on any atom is -0.334 e. The van der Waals surface area contributed by atoms with Gasteiger partial charge in [0.15, 0.2) is 0 Å². The van der Waals surface area contributed by atoms with E-state index in [0.29, 0.717) is 12.5 Å². The predicted molar refractivity (Wildman–Crippen MR) is 76.3 cm³/mol. The lowest BCUT2D eigenvalue weighted by molar-refractivity contribution is -0.385. The molecular formula is C13H15ClN4O3. The van der Waals surface area contributed by atoms with Crippen molar-refractivity contribution >= 4 is 23.2 Å². The highest BCUT2D eigenvalue weighted by atomic mass is 35.5. The second-order valence-electron chi connectivity index (χ2n) is 5.42. The van der Waals surface area contributed by atoms with Crippen molar-refractivity contribution in [3.63, 3.8) is 0 Å². The molecule has 8 heteroatoms. The summed E-state index contributed by atoms with van der Waals surface area (Å²) in [5, 5.41) is 14.1. The minimum atomic E-state index is -0.573. The van der Waals surface area contributed by atoms with E-state index >= 15 is 0 Å². The summed E-state index contributed by atoms with van der Waals surface area (Å²) in [5.41, 5.74) is -0.112. The van der Waals surface area contributed by atoms with Crippen LogP contribution in [0.4, 0.5) is 5.69 Å². The monoisotopic (exact) mass is 310 g/mol. The summed E-state index contributed by atoms with van der Waals surface area (Å²) >= 11 is 5.96. The van der Waals surface area contributed by atoms with Gasteiger partial charge in [0.05, 0.1) is 10.5 Å². The first-order valence-corrected chi connectivity index (χ1v) is 7.27. The number of nitrogens with one attached hydrogen (secondary N) is 1. The first-order chi connectivity index (χ1) is 10.1. The zero-order valence-electron chi connectivity index (χ0n) is 11.3. The third-order valence-electron chi connectivity index (χ3n) is 4.21. The van der Waals surface area contributed by atoms with Crippen LogP contribution in [0.25, 0.3) is 0 Å². The normalized spacial score (nSPS) is 24.7. The number of carbonyl (C=O) groups is 1. The average molecular weight is 311 g/mol. The molecule has 1 N–H and O–H groups in total. The summed E-state index contributed by atoms with van der Waals surface area (Å²) in [6, 6.07) is 1.35. The molecule has 112 valence electrons. The Balaban J connectivity index is 1.90. The van der Waals surface area contributed by atoms with Crippen LogP contribution in [0.2, 0.25) is 5.15 Å². The van der Waals surface area contributed by atoms with Gasteiger partial charge in [-0.15, -0.1) is 0 Å². The van der Waals surface area contributed by atoms with E-state index in [-0.39, 0.29) is 28.4 Å². The average Bonchev–Trinajstić information content (AvgIpc) is 2.95. The molecule has 2 aliphatic heterocycles. The number of rotatable bonds is 2. The van der Waals surface area contributed by atoms with E-state index < -0.39 is 4.92 Å². The molecule has 0 spiro atoms. The van der Waals surface area contributed by atoms with E-state index in [4.69, 9.17) is 11.6 Å². The van der Waals surface area contributed by atoms with Gasteiger partial charge in [0, 0.05) is 31.7 Å². The maximum absolute atomic E-state index is 12.7. The third-order valence-corrected chi connectivity index (χ3v) is 4.51. The Kier molecular flexibility index (Phi) is 3.77. The van der Waals surface area contributed by atoms with Gasteiger partial charge in [-0.25, -0.2) is 4.98 Å². The van der Waals surface area contributed by atoms with Crippen molar-refractivity contribution in [1.29, 1.82) is 0 Å². The van der Waals surface area contributed by atoms with Gasteiger partial charge in [-0.2, -0.15) is 0 Å². The molecule has 7 nitrogen and oxygen atoms in total. The highest BCUT2D eigenvalue weighted by Gasteiger charge is 2.38. The number of pyridine rings is 1. The van der Waals surface area contributed by atoms with Crippen molar-refractivity contribution in [2.24, 2.45) is 5.92 Å². The number of hydrogen-bond acceptors (Lipinski definition) is 5. The largest absolute Gasteiger partial charge is 0.334 e. The van der Waals surface area contributed by atoms with Crippen LogP contribution in [0.5, 0.6) is 0 Å².